The molecule has 0 bridgehead atoms. The average Bonchev–Trinajstić information content (AvgIpc) is 3.10. The molecular weight excluding hydrogens is 314 g/mol. The van der Waals surface area contributed by atoms with Gasteiger partial charge in [0.05, 0.1) is 18.3 Å². The van der Waals surface area contributed by atoms with E-state index in [1.165, 1.54) is 11.3 Å². The molecule has 0 aliphatic rings. The predicted molar refractivity (Wildman–Crippen MR) is 90.1 cm³/mol. The van der Waals surface area contributed by atoms with Crippen molar-refractivity contribution in [3.05, 3.63) is 40.3 Å². The van der Waals surface area contributed by atoms with Crippen molar-refractivity contribution in [1.29, 1.82) is 0 Å². The van der Waals surface area contributed by atoms with Gasteiger partial charge in [-0.25, -0.2) is 4.98 Å². The number of hydrogen-bond donors (Lipinski definition) is 2. The summed E-state index contributed by atoms with van der Waals surface area (Å²) in [6.07, 6.45) is 1.77. The normalized spacial score (nSPS) is 10.3. The van der Waals surface area contributed by atoms with Gasteiger partial charge in [0.1, 0.15) is 6.61 Å². The molecule has 0 aliphatic heterocycles. The first kappa shape index (κ1) is 17.2. The van der Waals surface area contributed by atoms with Crippen LogP contribution in [-0.2, 0) is 6.61 Å². The summed E-state index contributed by atoms with van der Waals surface area (Å²) in [6.45, 7) is 1.61. The minimum absolute atomic E-state index is 0.133. The van der Waals surface area contributed by atoms with E-state index in [1.54, 1.807) is 30.8 Å². The SMILES string of the molecule is COc1cc(C(=O)NCCCCN)ccc1OCc1cscn1. The number of nitrogens with one attached hydrogen (secondary N) is 1. The molecule has 7 heteroatoms. The van der Waals surface area contributed by atoms with E-state index in [-0.39, 0.29) is 5.91 Å². The van der Waals surface area contributed by atoms with Crippen molar-refractivity contribution in [2.75, 3.05) is 20.2 Å². The Hall–Kier alpha value is -2.12. The van der Waals surface area contributed by atoms with Gasteiger partial charge in [-0.1, -0.05) is 0 Å². The zero-order chi connectivity index (χ0) is 16.5. The Morgan fingerprint density at radius 3 is 2.91 bits per heavy atom. The van der Waals surface area contributed by atoms with Gasteiger partial charge >= 0.3 is 0 Å². The third-order valence-corrected chi connectivity index (χ3v) is 3.84. The summed E-state index contributed by atoms with van der Waals surface area (Å²) in [5, 5.41) is 4.79. The number of aromatic nitrogens is 1. The number of benzene rings is 1. The molecule has 0 radical (unpaired) electrons. The Morgan fingerprint density at radius 2 is 2.22 bits per heavy atom. The van der Waals surface area contributed by atoms with Gasteiger partial charge in [0.15, 0.2) is 11.5 Å². The maximum Gasteiger partial charge on any atom is 0.251 e. The molecule has 2 rings (SSSR count). The van der Waals surface area contributed by atoms with Crippen molar-refractivity contribution in [3.63, 3.8) is 0 Å². The first-order chi connectivity index (χ1) is 11.2. The van der Waals surface area contributed by atoms with Gasteiger partial charge in [0.2, 0.25) is 0 Å². The molecular formula is C16H21N3O3S. The van der Waals surface area contributed by atoms with Crippen LogP contribution in [0.3, 0.4) is 0 Å². The molecule has 0 saturated carbocycles. The molecule has 1 heterocycles. The van der Waals surface area contributed by atoms with E-state index in [2.05, 4.69) is 10.3 Å². The van der Waals surface area contributed by atoms with Gasteiger partial charge in [-0.05, 0) is 37.6 Å². The molecule has 1 aromatic carbocycles. The summed E-state index contributed by atoms with van der Waals surface area (Å²) < 4.78 is 11.0. The van der Waals surface area contributed by atoms with E-state index < -0.39 is 0 Å². The van der Waals surface area contributed by atoms with E-state index >= 15 is 0 Å². The van der Waals surface area contributed by atoms with Crippen LogP contribution in [0.25, 0.3) is 0 Å². The molecule has 0 atom stereocenters. The van der Waals surface area contributed by atoms with Crippen molar-refractivity contribution in [1.82, 2.24) is 10.3 Å². The number of ether oxygens (including phenoxy) is 2. The number of methoxy groups -OCH3 is 1. The summed E-state index contributed by atoms with van der Waals surface area (Å²) in [5.74, 6) is 0.974. The summed E-state index contributed by atoms with van der Waals surface area (Å²) in [4.78, 5) is 16.2. The second-order valence-electron chi connectivity index (χ2n) is 4.89. The van der Waals surface area contributed by atoms with Gasteiger partial charge in [0.25, 0.3) is 5.91 Å². The molecule has 6 nitrogen and oxygen atoms in total. The van der Waals surface area contributed by atoms with Crippen molar-refractivity contribution < 1.29 is 14.3 Å². The smallest absolute Gasteiger partial charge is 0.251 e. The maximum absolute atomic E-state index is 12.1. The fourth-order valence-electron chi connectivity index (χ4n) is 1.96. The van der Waals surface area contributed by atoms with Gasteiger partial charge in [-0.15, -0.1) is 11.3 Å². The Morgan fingerprint density at radius 1 is 1.35 bits per heavy atom. The number of amides is 1. The van der Waals surface area contributed by atoms with Gasteiger partial charge in [0, 0.05) is 17.5 Å². The molecule has 124 valence electrons. The summed E-state index contributed by atoms with van der Waals surface area (Å²) in [5.41, 5.74) is 8.58. The number of hydrogen-bond acceptors (Lipinski definition) is 6. The largest absolute Gasteiger partial charge is 0.493 e. The number of carbonyl (C=O) groups excluding carboxylic acids is 1. The van der Waals surface area contributed by atoms with Crippen LogP contribution in [0.4, 0.5) is 0 Å². The second-order valence-corrected chi connectivity index (χ2v) is 5.60. The molecule has 0 unspecified atom stereocenters. The van der Waals surface area contributed by atoms with Gasteiger partial charge in [-0.3, -0.25) is 4.79 Å². The van der Waals surface area contributed by atoms with Crippen LogP contribution >= 0.6 is 11.3 Å². The Labute approximate surface area is 139 Å². The molecule has 1 amide bonds. The minimum atomic E-state index is -0.133. The van der Waals surface area contributed by atoms with E-state index in [0.717, 1.165) is 18.5 Å². The van der Waals surface area contributed by atoms with Crippen LogP contribution in [0, 0.1) is 0 Å². The van der Waals surface area contributed by atoms with E-state index in [9.17, 15) is 4.79 Å². The molecule has 0 aliphatic carbocycles. The molecule has 0 fully saturated rings. The molecule has 23 heavy (non-hydrogen) atoms. The molecule has 1 aromatic heterocycles. The number of nitrogens with zero attached hydrogens (tertiary/aromatic N) is 1. The highest BCUT2D eigenvalue weighted by atomic mass is 32.1. The standard InChI is InChI=1S/C16H21N3O3S/c1-21-15-8-12(16(20)18-7-3-2-6-17)4-5-14(15)22-9-13-10-23-11-19-13/h4-5,8,10-11H,2-3,6-7,9,17H2,1H3,(H,18,20). The monoisotopic (exact) mass is 335 g/mol. The van der Waals surface area contributed by atoms with Crippen molar-refractivity contribution in [2.45, 2.75) is 19.4 Å². The van der Waals surface area contributed by atoms with E-state index in [1.807, 2.05) is 5.38 Å². The molecule has 3 N–H and O–H groups in total. The first-order valence-electron chi connectivity index (χ1n) is 7.40. The lowest BCUT2D eigenvalue weighted by Crippen LogP contribution is -2.24. The highest BCUT2D eigenvalue weighted by Gasteiger charge is 2.11. The van der Waals surface area contributed by atoms with Crippen LogP contribution < -0.4 is 20.5 Å². The number of rotatable bonds is 9. The Bertz CT molecular complexity index is 617. The van der Waals surface area contributed by atoms with Crippen LogP contribution in [0.15, 0.2) is 29.1 Å². The third kappa shape index (κ3) is 5.22. The average molecular weight is 335 g/mol. The lowest BCUT2D eigenvalue weighted by Gasteiger charge is -2.11. The van der Waals surface area contributed by atoms with Crippen LogP contribution in [0.1, 0.15) is 28.9 Å². The topological polar surface area (TPSA) is 86.5 Å². The van der Waals surface area contributed by atoms with Crippen molar-refractivity contribution in [2.24, 2.45) is 5.73 Å². The Kier molecular flexibility index (Phi) is 6.83. The summed E-state index contributed by atoms with van der Waals surface area (Å²) >= 11 is 1.52. The number of unbranched alkanes of at least 4 members (excludes halogenated alkanes) is 1. The third-order valence-electron chi connectivity index (χ3n) is 3.20. The second kappa shape index (κ2) is 9.12. The lowest BCUT2D eigenvalue weighted by molar-refractivity contribution is 0.0952. The number of nitrogens with two attached hydrogens (primary N) is 1. The first-order valence-corrected chi connectivity index (χ1v) is 8.35. The van der Waals surface area contributed by atoms with Crippen molar-refractivity contribution in [3.8, 4) is 11.5 Å². The fraction of sp³-hybridized carbons (Fsp3) is 0.375. The number of carbonyl (C=O) groups is 1. The zero-order valence-corrected chi connectivity index (χ0v) is 13.9. The van der Waals surface area contributed by atoms with E-state index in [4.69, 9.17) is 15.2 Å². The highest BCUT2D eigenvalue weighted by Crippen LogP contribution is 2.28. The fourth-order valence-corrected chi connectivity index (χ4v) is 2.50. The Balaban J connectivity index is 1.96. The van der Waals surface area contributed by atoms with E-state index in [0.29, 0.717) is 36.8 Å². The minimum Gasteiger partial charge on any atom is -0.493 e. The molecule has 0 spiro atoms. The lowest BCUT2D eigenvalue weighted by atomic mass is 10.2. The van der Waals surface area contributed by atoms with Gasteiger partial charge < -0.3 is 20.5 Å². The van der Waals surface area contributed by atoms with Crippen LogP contribution in [-0.4, -0.2) is 31.1 Å². The maximum atomic E-state index is 12.1. The highest BCUT2D eigenvalue weighted by molar-refractivity contribution is 7.07. The zero-order valence-electron chi connectivity index (χ0n) is 13.1. The molecule has 2 aromatic rings. The van der Waals surface area contributed by atoms with Crippen LogP contribution in [0.5, 0.6) is 11.5 Å². The van der Waals surface area contributed by atoms with Gasteiger partial charge in [-0.2, -0.15) is 0 Å². The predicted octanol–water partition coefficient (Wildman–Crippen LogP) is 2.20. The molecule has 0 saturated heterocycles. The van der Waals surface area contributed by atoms with Crippen molar-refractivity contribution >= 4 is 17.2 Å². The quantitative estimate of drug-likeness (QED) is 0.686. The summed E-state index contributed by atoms with van der Waals surface area (Å²) in [7, 11) is 1.55. The summed E-state index contributed by atoms with van der Waals surface area (Å²) in [6, 6.07) is 5.13. The number of thiazole rings is 1. The van der Waals surface area contributed by atoms with Crippen LogP contribution in [0.2, 0.25) is 0 Å².